The number of hydrogen-bond acceptors (Lipinski definition) is 2. The van der Waals surface area contributed by atoms with Crippen LogP contribution in [0.1, 0.15) is 24.4 Å². The van der Waals surface area contributed by atoms with Crippen LogP contribution in [0.3, 0.4) is 0 Å². The molecule has 8 heteroatoms. The first-order valence-corrected chi connectivity index (χ1v) is 6.27. The summed E-state index contributed by atoms with van der Waals surface area (Å²) < 4.78 is 66.2. The summed E-state index contributed by atoms with van der Waals surface area (Å²) in [5.74, 6) is -2.80. The van der Waals surface area contributed by atoms with Crippen molar-refractivity contribution >= 4 is 23.7 Å². The van der Waals surface area contributed by atoms with Crippen LogP contribution in [0.15, 0.2) is 23.4 Å². The second-order valence-corrected chi connectivity index (χ2v) is 5.45. The number of fused-ring (bicyclic) bond motifs is 1. The zero-order valence-electron chi connectivity index (χ0n) is 9.96. The number of hydrogen-bond donors (Lipinski definition) is 1. The molecule has 0 N–H and O–H groups in total. The van der Waals surface area contributed by atoms with E-state index in [1.54, 1.807) is 0 Å². The number of thiol groups is 1. The first-order valence-electron chi connectivity index (χ1n) is 5.82. The molecule has 0 radical (unpaired) electrons. The van der Waals surface area contributed by atoms with E-state index in [1.165, 1.54) is 17.0 Å². The van der Waals surface area contributed by atoms with E-state index in [-0.39, 0.29) is 15.9 Å². The standard InChI is InChI=1S/C12H9F5N2S/c13-11(14)3-6(4-11)19-5-18-9-2-7(20)1-8(10(9)19)12(15,16)17/h1-2,5-6,20H,3-4H2. The maximum Gasteiger partial charge on any atom is 0.418 e. The highest BCUT2D eigenvalue weighted by atomic mass is 32.1. The summed E-state index contributed by atoms with van der Waals surface area (Å²) in [5.41, 5.74) is -0.941. The number of nitrogens with zero attached hydrogens (tertiary/aromatic N) is 2. The van der Waals surface area contributed by atoms with E-state index < -0.39 is 36.5 Å². The highest BCUT2D eigenvalue weighted by Gasteiger charge is 2.47. The minimum atomic E-state index is -4.58. The second kappa shape index (κ2) is 4.09. The summed E-state index contributed by atoms with van der Waals surface area (Å²) in [6, 6.07) is 1.63. The van der Waals surface area contributed by atoms with Crippen molar-refractivity contribution in [3.8, 4) is 0 Å². The van der Waals surface area contributed by atoms with Crippen molar-refractivity contribution in [1.82, 2.24) is 9.55 Å². The monoisotopic (exact) mass is 308 g/mol. The highest BCUT2D eigenvalue weighted by Crippen LogP contribution is 2.47. The van der Waals surface area contributed by atoms with Gasteiger partial charge in [0.05, 0.1) is 22.9 Å². The maximum absolute atomic E-state index is 13.1. The molecule has 0 amide bonds. The third kappa shape index (κ3) is 2.15. The molecular formula is C12H9F5N2S. The lowest BCUT2D eigenvalue weighted by Gasteiger charge is -2.36. The molecule has 2 aromatic rings. The third-order valence-corrected chi connectivity index (χ3v) is 3.68. The van der Waals surface area contributed by atoms with Gasteiger partial charge in [0.1, 0.15) is 0 Å². The van der Waals surface area contributed by atoms with Gasteiger partial charge in [0.25, 0.3) is 5.92 Å². The Balaban J connectivity index is 2.16. The predicted octanol–water partition coefficient (Wildman–Crippen LogP) is 4.31. The van der Waals surface area contributed by atoms with Gasteiger partial charge in [0, 0.05) is 23.8 Å². The van der Waals surface area contributed by atoms with Gasteiger partial charge < -0.3 is 4.57 Å². The molecule has 1 aliphatic carbocycles. The van der Waals surface area contributed by atoms with Gasteiger partial charge in [-0.15, -0.1) is 12.6 Å². The molecule has 1 saturated carbocycles. The quantitative estimate of drug-likeness (QED) is 0.614. The van der Waals surface area contributed by atoms with Crippen molar-refractivity contribution in [3.05, 3.63) is 24.0 Å². The van der Waals surface area contributed by atoms with E-state index in [1.807, 2.05) is 0 Å². The Labute approximate surface area is 116 Å². The summed E-state index contributed by atoms with van der Waals surface area (Å²) in [5, 5.41) is 0. The lowest BCUT2D eigenvalue weighted by atomic mass is 9.88. The SMILES string of the molecule is FC1(F)CC(n2cnc3cc(S)cc(C(F)(F)F)c32)C1. The average Bonchev–Trinajstić information content (AvgIpc) is 2.66. The van der Waals surface area contributed by atoms with E-state index in [4.69, 9.17) is 0 Å². The number of rotatable bonds is 1. The first-order chi connectivity index (χ1) is 9.17. The largest absolute Gasteiger partial charge is 0.418 e. The third-order valence-electron chi connectivity index (χ3n) is 3.42. The summed E-state index contributed by atoms with van der Waals surface area (Å²) in [6.45, 7) is 0. The lowest BCUT2D eigenvalue weighted by Crippen LogP contribution is -2.37. The molecule has 1 fully saturated rings. The molecule has 0 atom stereocenters. The van der Waals surface area contributed by atoms with Crippen LogP contribution in [-0.4, -0.2) is 15.5 Å². The van der Waals surface area contributed by atoms with E-state index in [9.17, 15) is 22.0 Å². The molecule has 1 heterocycles. The zero-order valence-corrected chi connectivity index (χ0v) is 10.8. The molecule has 0 saturated heterocycles. The minimum Gasteiger partial charge on any atom is -0.327 e. The van der Waals surface area contributed by atoms with Crippen molar-refractivity contribution in [1.29, 1.82) is 0 Å². The van der Waals surface area contributed by atoms with Gasteiger partial charge in [-0.2, -0.15) is 13.2 Å². The van der Waals surface area contributed by atoms with Crippen molar-refractivity contribution in [2.45, 2.75) is 35.9 Å². The van der Waals surface area contributed by atoms with Gasteiger partial charge >= 0.3 is 6.18 Å². The van der Waals surface area contributed by atoms with Crippen LogP contribution < -0.4 is 0 Å². The zero-order chi connectivity index (χ0) is 14.7. The molecule has 0 spiro atoms. The Morgan fingerprint density at radius 1 is 1.25 bits per heavy atom. The molecule has 1 aromatic heterocycles. The molecular weight excluding hydrogens is 299 g/mol. The Hall–Kier alpha value is -1.31. The predicted molar refractivity (Wildman–Crippen MR) is 65.2 cm³/mol. The van der Waals surface area contributed by atoms with E-state index in [0.717, 1.165) is 6.07 Å². The van der Waals surface area contributed by atoms with Crippen LogP contribution >= 0.6 is 12.6 Å². The molecule has 1 aliphatic rings. The normalized spacial score (nSPS) is 19.3. The fourth-order valence-electron chi connectivity index (χ4n) is 2.48. The molecule has 3 rings (SSSR count). The van der Waals surface area contributed by atoms with Crippen LogP contribution in [0.25, 0.3) is 11.0 Å². The van der Waals surface area contributed by atoms with Gasteiger partial charge in [0.15, 0.2) is 0 Å². The summed E-state index contributed by atoms with van der Waals surface area (Å²) >= 11 is 3.92. The minimum absolute atomic E-state index is 0.111. The van der Waals surface area contributed by atoms with Crippen LogP contribution in [0, 0.1) is 0 Å². The molecule has 1 aromatic carbocycles. The van der Waals surface area contributed by atoms with Crippen LogP contribution in [0.4, 0.5) is 22.0 Å². The second-order valence-electron chi connectivity index (χ2n) is 4.93. The fourth-order valence-corrected chi connectivity index (χ4v) is 2.73. The summed E-state index contributed by atoms with van der Waals surface area (Å²) in [4.78, 5) is 4.01. The molecule has 0 aliphatic heterocycles. The van der Waals surface area contributed by atoms with Gasteiger partial charge in [-0.3, -0.25) is 0 Å². The van der Waals surface area contributed by atoms with Gasteiger partial charge in [0.2, 0.25) is 0 Å². The smallest absolute Gasteiger partial charge is 0.327 e. The van der Waals surface area contributed by atoms with Crippen molar-refractivity contribution in [3.63, 3.8) is 0 Å². The number of alkyl halides is 5. The van der Waals surface area contributed by atoms with E-state index in [0.29, 0.717) is 0 Å². The Bertz CT molecular complexity index is 668. The molecule has 0 bridgehead atoms. The molecule has 2 nitrogen and oxygen atoms in total. The Morgan fingerprint density at radius 2 is 1.90 bits per heavy atom. The number of aromatic nitrogens is 2. The van der Waals surface area contributed by atoms with Crippen molar-refractivity contribution in [2.24, 2.45) is 0 Å². The van der Waals surface area contributed by atoms with E-state index >= 15 is 0 Å². The van der Waals surface area contributed by atoms with Crippen molar-refractivity contribution < 1.29 is 22.0 Å². The number of halogens is 5. The van der Waals surface area contributed by atoms with Gasteiger partial charge in [-0.05, 0) is 12.1 Å². The van der Waals surface area contributed by atoms with Gasteiger partial charge in [-0.1, -0.05) is 0 Å². The first kappa shape index (κ1) is 13.7. The molecule has 0 unspecified atom stereocenters. The molecule has 108 valence electrons. The lowest BCUT2D eigenvalue weighted by molar-refractivity contribution is -0.136. The average molecular weight is 308 g/mol. The molecule has 20 heavy (non-hydrogen) atoms. The Morgan fingerprint density at radius 3 is 2.45 bits per heavy atom. The van der Waals surface area contributed by atoms with Gasteiger partial charge in [-0.25, -0.2) is 13.8 Å². The number of benzene rings is 1. The number of imidazole rings is 1. The fraction of sp³-hybridized carbons (Fsp3) is 0.417. The topological polar surface area (TPSA) is 17.8 Å². The summed E-state index contributed by atoms with van der Waals surface area (Å²) in [6.07, 6.45) is -4.31. The van der Waals surface area contributed by atoms with Crippen molar-refractivity contribution in [2.75, 3.05) is 0 Å². The van der Waals surface area contributed by atoms with Crippen LogP contribution in [0.5, 0.6) is 0 Å². The summed E-state index contributed by atoms with van der Waals surface area (Å²) in [7, 11) is 0. The maximum atomic E-state index is 13.1. The highest BCUT2D eigenvalue weighted by molar-refractivity contribution is 7.80. The Kier molecular flexibility index (Phi) is 2.80. The van der Waals surface area contributed by atoms with Crippen LogP contribution in [-0.2, 0) is 6.18 Å². The van der Waals surface area contributed by atoms with E-state index in [2.05, 4.69) is 17.6 Å². The van der Waals surface area contributed by atoms with Crippen LogP contribution in [0.2, 0.25) is 0 Å².